The second-order valence-electron chi connectivity index (χ2n) is 8.55. The van der Waals surface area contributed by atoms with E-state index in [1.165, 1.54) is 5.56 Å². The third kappa shape index (κ3) is 7.55. The summed E-state index contributed by atoms with van der Waals surface area (Å²) in [5.41, 5.74) is 2.85. The maximum atomic E-state index is 12.6. The molecule has 0 heterocycles. The lowest BCUT2D eigenvalue weighted by molar-refractivity contribution is -0.155. The van der Waals surface area contributed by atoms with Crippen LogP contribution in [0.5, 0.6) is 5.75 Å². The molecule has 0 aliphatic rings. The molecule has 0 fully saturated rings. The lowest BCUT2D eigenvalue weighted by Crippen LogP contribution is -2.25. The molecule has 31 heavy (non-hydrogen) atoms. The highest BCUT2D eigenvalue weighted by Crippen LogP contribution is 2.31. The van der Waals surface area contributed by atoms with Gasteiger partial charge in [-0.1, -0.05) is 70.5 Å². The van der Waals surface area contributed by atoms with E-state index >= 15 is 0 Å². The minimum Gasteiger partial charge on any atom is -0.493 e. The molecule has 0 N–H and O–H groups in total. The highest BCUT2D eigenvalue weighted by atomic mass is 79.9. The molecular formula is C27H29BrO3. The molecule has 0 spiro atoms. The zero-order valence-electron chi connectivity index (χ0n) is 18.3. The first kappa shape index (κ1) is 23.1. The summed E-state index contributed by atoms with van der Waals surface area (Å²) >= 11 is 3.46. The summed E-state index contributed by atoms with van der Waals surface area (Å²) in [5, 5.41) is 0. The van der Waals surface area contributed by atoms with Gasteiger partial charge in [0, 0.05) is 16.8 Å². The van der Waals surface area contributed by atoms with E-state index in [9.17, 15) is 4.79 Å². The number of hydrogen-bond acceptors (Lipinski definition) is 3. The van der Waals surface area contributed by atoms with E-state index in [0.29, 0.717) is 6.61 Å². The molecule has 162 valence electrons. The summed E-state index contributed by atoms with van der Waals surface area (Å²) in [4.78, 5) is 12.6. The summed E-state index contributed by atoms with van der Waals surface area (Å²) in [6.07, 6.45) is 1.11. The molecule has 0 aliphatic heterocycles. The Morgan fingerprint density at radius 1 is 0.903 bits per heavy atom. The van der Waals surface area contributed by atoms with E-state index in [-0.39, 0.29) is 18.3 Å². The van der Waals surface area contributed by atoms with Crippen LogP contribution in [-0.4, -0.2) is 18.2 Å². The fraction of sp³-hybridized carbons (Fsp3) is 0.296. The van der Waals surface area contributed by atoms with Crippen molar-refractivity contribution in [2.75, 3.05) is 6.61 Å². The second-order valence-corrected chi connectivity index (χ2v) is 9.47. The predicted octanol–water partition coefficient (Wildman–Crippen LogP) is 6.93. The van der Waals surface area contributed by atoms with Crippen LogP contribution in [0, 0.1) is 0 Å². The summed E-state index contributed by atoms with van der Waals surface area (Å²) in [5.74, 6) is 0.508. The standard InChI is InChI=1S/C27H29BrO3/c1-27(2,3)31-26(29)19-25(21-8-5-4-6-9-21)22-10-7-11-24(18-22)30-17-16-20-12-14-23(28)15-13-20/h4-15,18,25H,16-17,19H2,1-3H3. The first-order chi connectivity index (χ1) is 14.8. The molecule has 3 rings (SSSR count). The maximum Gasteiger partial charge on any atom is 0.307 e. The van der Waals surface area contributed by atoms with Gasteiger partial charge >= 0.3 is 5.97 Å². The third-order valence-corrected chi connectivity index (χ3v) is 5.35. The minimum atomic E-state index is -0.504. The van der Waals surface area contributed by atoms with Crippen LogP contribution in [0.1, 0.15) is 49.8 Å². The van der Waals surface area contributed by atoms with Crippen LogP contribution in [0.2, 0.25) is 0 Å². The van der Waals surface area contributed by atoms with E-state index in [0.717, 1.165) is 27.8 Å². The van der Waals surface area contributed by atoms with Crippen LogP contribution < -0.4 is 4.74 Å². The molecule has 0 aromatic heterocycles. The van der Waals surface area contributed by atoms with E-state index in [1.807, 2.05) is 75.4 Å². The van der Waals surface area contributed by atoms with Gasteiger partial charge in [0.1, 0.15) is 11.4 Å². The first-order valence-electron chi connectivity index (χ1n) is 10.5. The summed E-state index contributed by atoms with van der Waals surface area (Å²) in [6.45, 7) is 6.26. The van der Waals surface area contributed by atoms with Crippen LogP contribution in [0.4, 0.5) is 0 Å². The van der Waals surface area contributed by atoms with Gasteiger partial charge in [-0.2, -0.15) is 0 Å². The van der Waals surface area contributed by atoms with Gasteiger partial charge in [0.2, 0.25) is 0 Å². The Bertz CT molecular complexity index is 975. The van der Waals surface area contributed by atoms with Gasteiger partial charge < -0.3 is 9.47 Å². The zero-order chi connectivity index (χ0) is 22.3. The van der Waals surface area contributed by atoms with Crippen LogP contribution in [-0.2, 0) is 16.0 Å². The van der Waals surface area contributed by atoms with E-state index in [4.69, 9.17) is 9.47 Å². The molecule has 4 heteroatoms. The van der Waals surface area contributed by atoms with Crippen molar-refractivity contribution in [3.63, 3.8) is 0 Å². The van der Waals surface area contributed by atoms with Crippen molar-refractivity contribution < 1.29 is 14.3 Å². The number of esters is 1. The van der Waals surface area contributed by atoms with E-state index in [2.05, 4.69) is 40.2 Å². The molecule has 1 unspecified atom stereocenters. The van der Waals surface area contributed by atoms with Crippen molar-refractivity contribution in [3.8, 4) is 5.75 Å². The second kappa shape index (κ2) is 10.6. The monoisotopic (exact) mass is 480 g/mol. The SMILES string of the molecule is CC(C)(C)OC(=O)CC(c1ccccc1)c1cccc(OCCc2ccc(Br)cc2)c1. The lowest BCUT2D eigenvalue weighted by Gasteiger charge is -2.23. The van der Waals surface area contributed by atoms with Gasteiger partial charge in [0.15, 0.2) is 0 Å². The largest absolute Gasteiger partial charge is 0.493 e. The number of benzene rings is 3. The number of halogens is 1. The smallest absolute Gasteiger partial charge is 0.307 e. The molecule has 3 nitrogen and oxygen atoms in total. The summed E-state index contributed by atoms with van der Waals surface area (Å²) in [7, 11) is 0. The van der Waals surface area contributed by atoms with Gasteiger partial charge in [0.05, 0.1) is 13.0 Å². The van der Waals surface area contributed by atoms with Gasteiger partial charge in [0.25, 0.3) is 0 Å². The fourth-order valence-electron chi connectivity index (χ4n) is 3.42. The quantitative estimate of drug-likeness (QED) is 0.327. The zero-order valence-corrected chi connectivity index (χ0v) is 19.9. The average Bonchev–Trinajstić information content (AvgIpc) is 2.73. The normalized spacial score (nSPS) is 12.3. The number of hydrogen-bond donors (Lipinski definition) is 0. The van der Waals surface area contributed by atoms with Gasteiger partial charge in [-0.25, -0.2) is 0 Å². The third-order valence-electron chi connectivity index (χ3n) is 4.83. The fourth-order valence-corrected chi connectivity index (χ4v) is 3.69. The molecule has 1 atom stereocenters. The molecule has 0 bridgehead atoms. The average molecular weight is 481 g/mol. The Balaban J connectivity index is 1.73. The maximum absolute atomic E-state index is 12.6. The Morgan fingerprint density at radius 3 is 2.26 bits per heavy atom. The minimum absolute atomic E-state index is 0.0916. The summed E-state index contributed by atoms with van der Waals surface area (Å²) < 4.78 is 12.7. The Labute approximate surface area is 193 Å². The molecule has 0 aliphatic carbocycles. The Hall–Kier alpha value is -2.59. The lowest BCUT2D eigenvalue weighted by atomic mass is 9.88. The predicted molar refractivity (Wildman–Crippen MR) is 129 cm³/mol. The van der Waals surface area contributed by atoms with Crippen LogP contribution in [0.25, 0.3) is 0 Å². The molecule has 0 radical (unpaired) electrons. The molecule has 3 aromatic carbocycles. The number of ether oxygens (including phenoxy) is 2. The molecule has 0 saturated heterocycles. The van der Waals surface area contributed by atoms with Gasteiger partial charge in [-0.05, 0) is 61.7 Å². The van der Waals surface area contributed by atoms with Crippen molar-refractivity contribution in [1.29, 1.82) is 0 Å². The van der Waals surface area contributed by atoms with Crippen molar-refractivity contribution in [2.24, 2.45) is 0 Å². The number of carbonyl (C=O) groups is 1. The van der Waals surface area contributed by atoms with Crippen molar-refractivity contribution >= 4 is 21.9 Å². The van der Waals surface area contributed by atoms with Crippen molar-refractivity contribution in [2.45, 2.75) is 45.1 Å². The molecule has 3 aromatic rings. The van der Waals surface area contributed by atoms with E-state index < -0.39 is 5.60 Å². The number of rotatable bonds is 8. The first-order valence-corrected chi connectivity index (χ1v) is 11.3. The van der Waals surface area contributed by atoms with Crippen LogP contribution in [0.15, 0.2) is 83.3 Å². The molecule has 0 amide bonds. The Kier molecular flexibility index (Phi) is 7.91. The van der Waals surface area contributed by atoms with Crippen molar-refractivity contribution in [3.05, 3.63) is 100 Å². The Morgan fingerprint density at radius 2 is 1.58 bits per heavy atom. The highest BCUT2D eigenvalue weighted by Gasteiger charge is 2.23. The highest BCUT2D eigenvalue weighted by molar-refractivity contribution is 9.10. The van der Waals surface area contributed by atoms with Gasteiger partial charge in [-0.15, -0.1) is 0 Å². The topological polar surface area (TPSA) is 35.5 Å². The van der Waals surface area contributed by atoms with Crippen molar-refractivity contribution in [1.82, 2.24) is 0 Å². The van der Waals surface area contributed by atoms with E-state index in [1.54, 1.807) is 0 Å². The molecular weight excluding hydrogens is 452 g/mol. The van der Waals surface area contributed by atoms with Crippen LogP contribution >= 0.6 is 15.9 Å². The van der Waals surface area contributed by atoms with Gasteiger partial charge in [-0.3, -0.25) is 4.79 Å². The van der Waals surface area contributed by atoms with Crippen LogP contribution in [0.3, 0.4) is 0 Å². The number of carbonyl (C=O) groups excluding carboxylic acids is 1. The summed E-state index contributed by atoms with van der Waals surface area (Å²) in [6, 6.07) is 26.4. The molecule has 0 saturated carbocycles.